The third-order valence-electron chi connectivity index (χ3n) is 5.72. The molecule has 2 amide bonds. The van der Waals surface area contributed by atoms with Gasteiger partial charge in [-0.05, 0) is 56.0 Å². The summed E-state index contributed by atoms with van der Waals surface area (Å²) in [4.78, 5) is 27.8. The van der Waals surface area contributed by atoms with E-state index in [-0.39, 0.29) is 12.5 Å². The molecule has 0 aliphatic rings. The van der Waals surface area contributed by atoms with E-state index in [0.29, 0.717) is 27.8 Å². The maximum absolute atomic E-state index is 13.6. The molecule has 1 unspecified atom stereocenters. The minimum atomic E-state index is -3.80. The highest BCUT2D eigenvalue weighted by Gasteiger charge is 2.31. The van der Waals surface area contributed by atoms with Gasteiger partial charge in [-0.15, -0.1) is 0 Å². The van der Waals surface area contributed by atoms with Gasteiger partial charge in [0.05, 0.1) is 11.9 Å². The van der Waals surface area contributed by atoms with Gasteiger partial charge >= 0.3 is 0 Å². The van der Waals surface area contributed by atoms with Gasteiger partial charge in [0.2, 0.25) is 21.8 Å². The Morgan fingerprint density at radius 1 is 1.09 bits per heavy atom. The number of rotatable bonds is 11. The largest absolute Gasteiger partial charge is 0.354 e. The quantitative estimate of drug-likeness (QED) is 0.417. The van der Waals surface area contributed by atoms with Crippen molar-refractivity contribution in [3.8, 4) is 0 Å². The summed E-state index contributed by atoms with van der Waals surface area (Å²) in [5, 5.41) is 3.64. The fourth-order valence-corrected chi connectivity index (χ4v) is 5.16. The van der Waals surface area contributed by atoms with Gasteiger partial charge in [-0.2, -0.15) is 0 Å². The van der Waals surface area contributed by atoms with Gasteiger partial charge in [-0.3, -0.25) is 13.9 Å². The lowest BCUT2D eigenvalue weighted by Gasteiger charge is -2.32. The van der Waals surface area contributed by atoms with Crippen molar-refractivity contribution in [1.82, 2.24) is 10.2 Å². The van der Waals surface area contributed by atoms with Gasteiger partial charge in [0, 0.05) is 23.1 Å². The molecule has 0 radical (unpaired) electrons. The molecule has 192 valence electrons. The first-order valence-electron chi connectivity index (χ1n) is 11.4. The summed E-state index contributed by atoms with van der Waals surface area (Å²) >= 11 is 12.4. The number of hydrogen-bond donors (Lipinski definition) is 1. The fraction of sp³-hybridized carbons (Fsp3) is 0.440. The number of nitrogens with one attached hydrogen (secondary N) is 1. The van der Waals surface area contributed by atoms with E-state index in [0.717, 1.165) is 34.5 Å². The molecule has 1 N–H and O–H groups in total. The van der Waals surface area contributed by atoms with Crippen LogP contribution in [-0.4, -0.2) is 50.5 Å². The summed E-state index contributed by atoms with van der Waals surface area (Å²) in [6.07, 6.45) is 2.79. The number of hydrogen-bond acceptors (Lipinski definition) is 4. The number of para-hydroxylation sites is 1. The van der Waals surface area contributed by atoms with Crippen molar-refractivity contribution in [2.75, 3.05) is 23.7 Å². The van der Waals surface area contributed by atoms with E-state index >= 15 is 0 Å². The van der Waals surface area contributed by atoms with Crippen molar-refractivity contribution in [3.05, 3.63) is 63.1 Å². The van der Waals surface area contributed by atoms with Gasteiger partial charge < -0.3 is 10.2 Å². The zero-order chi connectivity index (χ0) is 26.3. The van der Waals surface area contributed by atoms with E-state index in [1.54, 1.807) is 51.1 Å². The molecule has 0 aromatic heterocycles. The van der Waals surface area contributed by atoms with Crippen LogP contribution in [0.15, 0.2) is 36.4 Å². The van der Waals surface area contributed by atoms with Crippen LogP contribution in [0.1, 0.15) is 43.4 Å². The summed E-state index contributed by atoms with van der Waals surface area (Å²) in [6, 6.07) is 9.45. The van der Waals surface area contributed by atoms with Crippen LogP contribution in [-0.2, 0) is 26.2 Å². The number of aryl methyl sites for hydroxylation is 2. The Balaban J connectivity index is 2.44. The molecule has 0 bridgehead atoms. The second kappa shape index (κ2) is 12.6. The predicted octanol–water partition coefficient (Wildman–Crippen LogP) is 4.71. The van der Waals surface area contributed by atoms with Crippen LogP contribution in [0.2, 0.25) is 10.0 Å². The number of sulfonamides is 1. The smallest absolute Gasteiger partial charge is 0.244 e. The number of halogens is 2. The van der Waals surface area contributed by atoms with E-state index in [2.05, 4.69) is 5.32 Å². The van der Waals surface area contributed by atoms with Gasteiger partial charge in [-0.1, -0.05) is 60.8 Å². The molecule has 0 aliphatic carbocycles. The average molecular weight is 543 g/mol. The van der Waals surface area contributed by atoms with Crippen molar-refractivity contribution in [2.24, 2.45) is 0 Å². The highest BCUT2D eigenvalue weighted by molar-refractivity contribution is 7.92. The summed E-state index contributed by atoms with van der Waals surface area (Å²) in [5.41, 5.74) is 2.49. The normalized spacial score (nSPS) is 12.2. The SMILES string of the molecule is CCCCNC(=O)C(C)N(Cc1ccc(Cl)cc1Cl)C(=O)CN(c1c(C)cccc1C)S(C)(=O)=O. The zero-order valence-electron chi connectivity index (χ0n) is 20.8. The van der Waals surface area contributed by atoms with Crippen LogP contribution in [0.5, 0.6) is 0 Å². The van der Waals surface area contributed by atoms with E-state index in [4.69, 9.17) is 23.2 Å². The highest BCUT2D eigenvalue weighted by Crippen LogP contribution is 2.28. The van der Waals surface area contributed by atoms with E-state index in [9.17, 15) is 18.0 Å². The summed E-state index contributed by atoms with van der Waals surface area (Å²) in [5.74, 6) is -0.850. The van der Waals surface area contributed by atoms with Crippen LogP contribution in [0.3, 0.4) is 0 Å². The number of nitrogens with zero attached hydrogens (tertiary/aromatic N) is 2. The number of carbonyl (C=O) groups excluding carboxylic acids is 2. The number of carbonyl (C=O) groups is 2. The summed E-state index contributed by atoms with van der Waals surface area (Å²) < 4.78 is 26.6. The highest BCUT2D eigenvalue weighted by atomic mass is 35.5. The van der Waals surface area contributed by atoms with Crippen molar-refractivity contribution in [1.29, 1.82) is 0 Å². The Labute approximate surface area is 218 Å². The molecule has 2 rings (SSSR count). The van der Waals surface area contributed by atoms with Crippen molar-refractivity contribution in [3.63, 3.8) is 0 Å². The average Bonchev–Trinajstić information content (AvgIpc) is 2.76. The first-order valence-corrected chi connectivity index (χ1v) is 14.0. The molecule has 0 fully saturated rings. The van der Waals surface area contributed by atoms with Gasteiger partial charge in [-0.25, -0.2) is 8.42 Å². The summed E-state index contributed by atoms with van der Waals surface area (Å²) in [6.45, 7) is 7.26. The van der Waals surface area contributed by atoms with E-state index < -0.39 is 28.5 Å². The second-order valence-electron chi connectivity index (χ2n) is 8.59. The molecule has 2 aromatic rings. The Morgan fingerprint density at radius 2 is 1.71 bits per heavy atom. The Hall–Kier alpha value is -2.29. The van der Waals surface area contributed by atoms with E-state index in [1.165, 1.54) is 4.90 Å². The third-order valence-corrected chi connectivity index (χ3v) is 7.42. The van der Waals surface area contributed by atoms with Crippen LogP contribution in [0.25, 0.3) is 0 Å². The minimum Gasteiger partial charge on any atom is -0.354 e. The molecule has 35 heavy (non-hydrogen) atoms. The Morgan fingerprint density at radius 3 is 2.26 bits per heavy atom. The lowest BCUT2D eigenvalue weighted by atomic mass is 10.1. The minimum absolute atomic E-state index is 0.0154. The molecular weight excluding hydrogens is 509 g/mol. The molecule has 0 saturated heterocycles. The van der Waals surface area contributed by atoms with Crippen LogP contribution < -0.4 is 9.62 Å². The van der Waals surface area contributed by atoms with Crippen LogP contribution in [0, 0.1) is 13.8 Å². The monoisotopic (exact) mass is 541 g/mol. The molecule has 2 aromatic carbocycles. The topological polar surface area (TPSA) is 86.8 Å². The van der Waals surface area contributed by atoms with Gasteiger partial charge in [0.1, 0.15) is 12.6 Å². The molecule has 7 nitrogen and oxygen atoms in total. The molecule has 10 heteroatoms. The van der Waals surface area contributed by atoms with Crippen molar-refractivity contribution < 1.29 is 18.0 Å². The second-order valence-corrected chi connectivity index (χ2v) is 11.3. The maximum atomic E-state index is 13.6. The first-order chi connectivity index (χ1) is 16.4. The van der Waals surface area contributed by atoms with Crippen molar-refractivity contribution >= 4 is 50.7 Å². The standard InChI is InChI=1S/C25H33Cl2N3O4S/c1-6-7-13-28-25(32)19(4)29(15-20-11-12-21(26)14-22(20)27)23(31)16-30(35(5,33)34)24-17(2)9-8-10-18(24)3/h8-12,14,19H,6-7,13,15-16H2,1-5H3,(H,28,32). The predicted molar refractivity (Wildman–Crippen MR) is 142 cm³/mol. The molecule has 0 aliphatic heterocycles. The lowest BCUT2D eigenvalue weighted by molar-refractivity contribution is -0.139. The van der Waals surface area contributed by atoms with Crippen LogP contribution in [0.4, 0.5) is 5.69 Å². The molecule has 1 atom stereocenters. The summed E-state index contributed by atoms with van der Waals surface area (Å²) in [7, 11) is -3.80. The van der Waals surface area contributed by atoms with Gasteiger partial charge in [0.25, 0.3) is 0 Å². The molecule has 0 saturated carbocycles. The van der Waals surface area contributed by atoms with Crippen LogP contribution >= 0.6 is 23.2 Å². The lowest BCUT2D eigenvalue weighted by Crippen LogP contribution is -2.51. The molecular formula is C25H33Cl2N3O4S. The Kier molecular flexibility index (Phi) is 10.4. The van der Waals surface area contributed by atoms with Crippen molar-refractivity contribution in [2.45, 2.75) is 53.1 Å². The fourth-order valence-electron chi connectivity index (χ4n) is 3.73. The number of benzene rings is 2. The number of unbranched alkanes of at least 4 members (excludes halogenated alkanes) is 1. The maximum Gasteiger partial charge on any atom is 0.244 e. The zero-order valence-corrected chi connectivity index (χ0v) is 23.1. The van der Waals surface area contributed by atoms with E-state index in [1.807, 2.05) is 13.0 Å². The van der Waals surface area contributed by atoms with Gasteiger partial charge in [0.15, 0.2) is 0 Å². The Bertz CT molecular complexity index is 1150. The number of anilines is 1. The molecule has 0 spiro atoms. The first kappa shape index (κ1) is 28.9. The molecule has 0 heterocycles. The third kappa shape index (κ3) is 7.85. The number of amides is 2.